The first-order chi connectivity index (χ1) is 8.65. The summed E-state index contributed by atoms with van der Waals surface area (Å²) < 4.78 is 0. The Labute approximate surface area is 111 Å². The van der Waals surface area contributed by atoms with E-state index >= 15 is 0 Å². The van der Waals surface area contributed by atoms with Gasteiger partial charge < -0.3 is 10.2 Å². The first-order valence-corrected chi connectivity index (χ1v) is 7.16. The minimum absolute atomic E-state index is 0.552. The highest BCUT2D eigenvalue weighted by atomic mass is 15.1. The molecule has 0 saturated carbocycles. The number of nitrogens with one attached hydrogen (secondary N) is 1. The third-order valence-corrected chi connectivity index (χ3v) is 3.79. The van der Waals surface area contributed by atoms with Crippen molar-refractivity contribution < 1.29 is 0 Å². The molecule has 0 aromatic heterocycles. The van der Waals surface area contributed by atoms with Gasteiger partial charge in [-0.05, 0) is 43.5 Å². The topological polar surface area (TPSA) is 15.3 Å². The average molecular weight is 246 g/mol. The molecule has 1 aliphatic rings. The van der Waals surface area contributed by atoms with Crippen LogP contribution in [-0.4, -0.2) is 31.1 Å². The number of likely N-dealkylation sites (N-methyl/N-ethyl adjacent to an activating group) is 1. The first-order valence-electron chi connectivity index (χ1n) is 7.16. The van der Waals surface area contributed by atoms with Gasteiger partial charge in [0.2, 0.25) is 0 Å². The summed E-state index contributed by atoms with van der Waals surface area (Å²) in [7, 11) is 2.23. The lowest BCUT2D eigenvalue weighted by Gasteiger charge is -2.30. The van der Waals surface area contributed by atoms with E-state index in [1.165, 1.54) is 37.1 Å². The largest absolute Gasteiger partial charge is 0.310 e. The molecule has 1 aromatic rings. The fourth-order valence-electron chi connectivity index (χ4n) is 2.67. The summed E-state index contributed by atoms with van der Waals surface area (Å²) >= 11 is 0. The zero-order valence-electron chi connectivity index (χ0n) is 11.9. The molecule has 0 aliphatic carbocycles. The normalized spacial score (nSPS) is 21.4. The Morgan fingerprint density at radius 2 is 2.00 bits per heavy atom. The minimum Gasteiger partial charge on any atom is -0.310 e. The SMILES string of the molecule is CC(C)NCc1ccc(C2CCCN(C)C2)cc1. The van der Waals surface area contributed by atoms with Gasteiger partial charge in [0, 0.05) is 19.1 Å². The number of piperidine rings is 1. The standard InChI is InChI=1S/C16H26N2/c1-13(2)17-11-14-6-8-15(9-7-14)16-5-4-10-18(3)12-16/h6-9,13,16-17H,4-5,10-12H2,1-3H3. The molecule has 0 spiro atoms. The lowest BCUT2D eigenvalue weighted by atomic mass is 9.90. The first kappa shape index (κ1) is 13.6. The van der Waals surface area contributed by atoms with Crippen molar-refractivity contribution in [2.75, 3.05) is 20.1 Å². The number of hydrogen-bond acceptors (Lipinski definition) is 2. The van der Waals surface area contributed by atoms with E-state index in [1.54, 1.807) is 0 Å². The van der Waals surface area contributed by atoms with E-state index in [9.17, 15) is 0 Å². The molecular weight excluding hydrogens is 220 g/mol. The van der Waals surface area contributed by atoms with E-state index < -0.39 is 0 Å². The predicted octanol–water partition coefficient (Wildman–Crippen LogP) is 2.99. The van der Waals surface area contributed by atoms with E-state index in [0.717, 1.165) is 12.5 Å². The highest BCUT2D eigenvalue weighted by molar-refractivity contribution is 5.26. The molecule has 1 fully saturated rings. The van der Waals surface area contributed by atoms with Crippen molar-refractivity contribution in [2.24, 2.45) is 0 Å². The third-order valence-electron chi connectivity index (χ3n) is 3.79. The molecule has 1 unspecified atom stereocenters. The van der Waals surface area contributed by atoms with Gasteiger partial charge in [0.15, 0.2) is 0 Å². The van der Waals surface area contributed by atoms with Crippen LogP contribution in [0.5, 0.6) is 0 Å². The summed E-state index contributed by atoms with van der Waals surface area (Å²) in [5, 5.41) is 3.46. The fraction of sp³-hybridized carbons (Fsp3) is 0.625. The second-order valence-electron chi connectivity index (χ2n) is 5.88. The number of nitrogens with zero attached hydrogens (tertiary/aromatic N) is 1. The molecule has 1 aromatic carbocycles. The van der Waals surface area contributed by atoms with Gasteiger partial charge in [-0.25, -0.2) is 0 Å². The van der Waals surface area contributed by atoms with Crippen LogP contribution in [0.15, 0.2) is 24.3 Å². The molecular formula is C16H26N2. The maximum Gasteiger partial charge on any atom is 0.0207 e. The Bertz CT molecular complexity index is 356. The maximum atomic E-state index is 3.46. The molecule has 100 valence electrons. The summed E-state index contributed by atoms with van der Waals surface area (Å²) in [5.41, 5.74) is 2.89. The second-order valence-corrected chi connectivity index (χ2v) is 5.88. The Balaban J connectivity index is 1.94. The van der Waals surface area contributed by atoms with E-state index in [2.05, 4.69) is 55.4 Å². The second kappa shape index (κ2) is 6.35. The molecule has 1 N–H and O–H groups in total. The highest BCUT2D eigenvalue weighted by Gasteiger charge is 2.18. The molecule has 2 heteroatoms. The molecule has 0 bridgehead atoms. The lowest BCUT2D eigenvalue weighted by Crippen LogP contribution is -2.30. The molecule has 1 aliphatic heterocycles. The smallest absolute Gasteiger partial charge is 0.0207 e. The zero-order chi connectivity index (χ0) is 13.0. The van der Waals surface area contributed by atoms with Crippen LogP contribution in [0.1, 0.15) is 43.7 Å². The van der Waals surface area contributed by atoms with Crippen LogP contribution in [0.2, 0.25) is 0 Å². The van der Waals surface area contributed by atoms with Gasteiger partial charge in [-0.2, -0.15) is 0 Å². The Kier molecular flexibility index (Phi) is 4.79. The van der Waals surface area contributed by atoms with E-state index in [1.807, 2.05) is 0 Å². The highest BCUT2D eigenvalue weighted by Crippen LogP contribution is 2.26. The summed E-state index contributed by atoms with van der Waals surface area (Å²) in [6.45, 7) is 7.82. The van der Waals surface area contributed by atoms with Crippen LogP contribution in [0.3, 0.4) is 0 Å². The van der Waals surface area contributed by atoms with Crippen LogP contribution in [0.4, 0.5) is 0 Å². The molecule has 1 saturated heterocycles. The lowest BCUT2D eigenvalue weighted by molar-refractivity contribution is 0.251. The third kappa shape index (κ3) is 3.82. The number of likely N-dealkylation sites (tertiary alicyclic amines) is 1. The van der Waals surface area contributed by atoms with Crippen molar-refractivity contribution in [1.29, 1.82) is 0 Å². The molecule has 0 amide bonds. The van der Waals surface area contributed by atoms with Crippen LogP contribution in [-0.2, 0) is 6.54 Å². The van der Waals surface area contributed by atoms with Gasteiger partial charge >= 0.3 is 0 Å². The molecule has 2 rings (SSSR count). The number of rotatable bonds is 4. The fourth-order valence-corrected chi connectivity index (χ4v) is 2.67. The monoisotopic (exact) mass is 246 g/mol. The van der Waals surface area contributed by atoms with Gasteiger partial charge in [-0.3, -0.25) is 0 Å². The number of benzene rings is 1. The van der Waals surface area contributed by atoms with E-state index in [-0.39, 0.29) is 0 Å². The Morgan fingerprint density at radius 3 is 2.61 bits per heavy atom. The predicted molar refractivity (Wildman–Crippen MR) is 77.9 cm³/mol. The van der Waals surface area contributed by atoms with Crippen LogP contribution in [0.25, 0.3) is 0 Å². The Hall–Kier alpha value is -0.860. The van der Waals surface area contributed by atoms with Crippen LogP contribution < -0.4 is 5.32 Å². The quantitative estimate of drug-likeness (QED) is 0.878. The molecule has 2 nitrogen and oxygen atoms in total. The van der Waals surface area contributed by atoms with Crippen LogP contribution >= 0.6 is 0 Å². The number of hydrogen-bond donors (Lipinski definition) is 1. The average Bonchev–Trinajstić information content (AvgIpc) is 2.37. The van der Waals surface area contributed by atoms with Gasteiger partial charge in [0.1, 0.15) is 0 Å². The van der Waals surface area contributed by atoms with Crippen molar-refractivity contribution in [3.8, 4) is 0 Å². The van der Waals surface area contributed by atoms with Gasteiger partial charge in [0.25, 0.3) is 0 Å². The van der Waals surface area contributed by atoms with Gasteiger partial charge in [0.05, 0.1) is 0 Å². The van der Waals surface area contributed by atoms with Gasteiger partial charge in [-0.15, -0.1) is 0 Å². The maximum absolute atomic E-state index is 3.46. The summed E-state index contributed by atoms with van der Waals surface area (Å²) in [6.07, 6.45) is 2.67. The summed E-state index contributed by atoms with van der Waals surface area (Å²) in [6, 6.07) is 9.75. The molecule has 0 radical (unpaired) electrons. The van der Waals surface area contributed by atoms with Crippen molar-refractivity contribution >= 4 is 0 Å². The summed E-state index contributed by atoms with van der Waals surface area (Å²) in [4.78, 5) is 2.45. The van der Waals surface area contributed by atoms with Crippen molar-refractivity contribution in [2.45, 2.75) is 45.2 Å². The summed E-state index contributed by atoms with van der Waals surface area (Å²) in [5.74, 6) is 0.732. The molecule has 18 heavy (non-hydrogen) atoms. The van der Waals surface area contributed by atoms with Gasteiger partial charge in [-0.1, -0.05) is 38.1 Å². The van der Waals surface area contributed by atoms with Crippen LogP contribution in [0, 0.1) is 0 Å². The van der Waals surface area contributed by atoms with E-state index in [4.69, 9.17) is 0 Å². The minimum atomic E-state index is 0.552. The van der Waals surface area contributed by atoms with Crippen molar-refractivity contribution in [3.05, 3.63) is 35.4 Å². The Morgan fingerprint density at radius 1 is 1.28 bits per heavy atom. The zero-order valence-corrected chi connectivity index (χ0v) is 11.9. The molecule has 1 atom stereocenters. The molecule has 1 heterocycles. The van der Waals surface area contributed by atoms with Crippen molar-refractivity contribution in [3.63, 3.8) is 0 Å². The van der Waals surface area contributed by atoms with E-state index in [0.29, 0.717) is 6.04 Å². The van der Waals surface area contributed by atoms with Crippen molar-refractivity contribution in [1.82, 2.24) is 10.2 Å².